The molecule has 182 valence electrons. The summed E-state index contributed by atoms with van der Waals surface area (Å²) in [6, 6.07) is 27.8. The third-order valence-corrected chi connectivity index (χ3v) is 6.97. The Labute approximate surface area is 211 Å². The van der Waals surface area contributed by atoms with Crippen molar-refractivity contribution in [1.29, 1.82) is 0 Å². The number of ketones is 1. The summed E-state index contributed by atoms with van der Waals surface area (Å²) in [4.78, 5) is 26.5. The van der Waals surface area contributed by atoms with Crippen molar-refractivity contribution in [3.8, 4) is 5.75 Å². The van der Waals surface area contributed by atoms with Crippen molar-refractivity contribution in [2.75, 3.05) is 7.11 Å². The van der Waals surface area contributed by atoms with E-state index in [1.165, 1.54) is 7.11 Å². The number of benzene rings is 3. The molecule has 3 aromatic carbocycles. The molecule has 2 atom stereocenters. The highest BCUT2D eigenvalue weighted by Gasteiger charge is 2.41. The highest BCUT2D eigenvalue weighted by Crippen LogP contribution is 2.45. The molecule has 0 fully saturated rings. The summed E-state index contributed by atoms with van der Waals surface area (Å²) in [5, 5.41) is 3.38. The van der Waals surface area contributed by atoms with Crippen LogP contribution in [0, 0.1) is 0 Å². The number of carbonyl (C=O) groups excluding carboxylic acids is 2. The zero-order valence-corrected chi connectivity index (χ0v) is 20.5. The van der Waals surface area contributed by atoms with Gasteiger partial charge in [-0.05, 0) is 48.1 Å². The number of ether oxygens (including phenoxy) is 2. The standard InChI is InChI=1S/C31H29NO4/c1-20-28(31(34)35-2)29(23-13-15-25(16-14-23)36-19-21-9-5-3-6-10-21)30-26(32-20)17-24(18-27(30)33)22-11-7-4-8-12-22/h3-16,24,29,32H,17-19H2,1-2H3/t24-,29+/m1/s1. The van der Waals surface area contributed by atoms with E-state index in [1.807, 2.05) is 79.7 Å². The topological polar surface area (TPSA) is 64.6 Å². The van der Waals surface area contributed by atoms with Gasteiger partial charge in [0.05, 0.1) is 12.7 Å². The van der Waals surface area contributed by atoms with E-state index in [0.717, 1.165) is 33.8 Å². The molecule has 0 bridgehead atoms. The average molecular weight is 480 g/mol. The van der Waals surface area contributed by atoms with Gasteiger partial charge in [-0.3, -0.25) is 4.79 Å². The van der Waals surface area contributed by atoms with Crippen LogP contribution in [-0.4, -0.2) is 18.9 Å². The SMILES string of the molecule is COC(=O)C1=C(C)NC2=C(C(=O)C[C@H](c3ccccc3)C2)[C@H]1c1ccc(OCc2ccccc2)cc1. The van der Waals surface area contributed by atoms with Gasteiger partial charge >= 0.3 is 5.97 Å². The van der Waals surface area contributed by atoms with Gasteiger partial charge in [0, 0.05) is 29.3 Å². The fourth-order valence-corrected chi connectivity index (χ4v) is 5.21. The van der Waals surface area contributed by atoms with Crippen molar-refractivity contribution in [2.45, 2.75) is 38.2 Å². The third kappa shape index (κ3) is 4.69. The summed E-state index contributed by atoms with van der Waals surface area (Å²) in [6.07, 6.45) is 1.12. The number of esters is 1. The Morgan fingerprint density at radius 1 is 0.889 bits per heavy atom. The molecule has 36 heavy (non-hydrogen) atoms. The number of allylic oxidation sites excluding steroid dienone is 3. The zero-order valence-electron chi connectivity index (χ0n) is 20.5. The number of hydrogen-bond acceptors (Lipinski definition) is 5. The number of methoxy groups -OCH3 is 1. The van der Waals surface area contributed by atoms with Crippen LogP contribution in [0.3, 0.4) is 0 Å². The molecule has 5 nitrogen and oxygen atoms in total. The van der Waals surface area contributed by atoms with E-state index in [0.29, 0.717) is 30.6 Å². The summed E-state index contributed by atoms with van der Waals surface area (Å²) in [5.74, 6) is -0.0297. The Hall–Kier alpha value is -4.12. The number of hydrogen-bond donors (Lipinski definition) is 1. The number of Topliss-reactive ketones (excluding diaryl/α,β-unsaturated/α-hetero) is 1. The van der Waals surface area contributed by atoms with Gasteiger partial charge in [-0.2, -0.15) is 0 Å². The van der Waals surface area contributed by atoms with Crippen LogP contribution >= 0.6 is 0 Å². The van der Waals surface area contributed by atoms with E-state index >= 15 is 0 Å². The van der Waals surface area contributed by atoms with Crippen LogP contribution < -0.4 is 10.1 Å². The summed E-state index contributed by atoms with van der Waals surface area (Å²) in [5.41, 5.74) is 5.84. The van der Waals surface area contributed by atoms with Gasteiger partial charge in [0.1, 0.15) is 12.4 Å². The van der Waals surface area contributed by atoms with Crippen LogP contribution in [-0.2, 0) is 20.9 Å². The predicted molar refractivity (Wildman–Crippen MR) is 138 cm³/mol. The first-order valence-corrected chi connectivity index (χ1v) is 12.2. The molecule has 0 aromatic heterocycles. The first-order valence-electron chi connectivity index (χ1n) is 12.2. The maximum Gasteiger partial charge on any atom is 0.336 e. The molecule has 1 heterocycles. The lowest BCUT2D eigenvalue weighted by molar-refractivity contribution is -0.136. The van der Waals surface area contributed by atoms with Gasteiger partial charge in [0.2, 0.25) is 0 Å². The average Bonchev–Trinajstić information content (AvgIpc) is 2.92. The number of dihydropyridines is 1. The molecule has 1 aliphatic carbocycles. The fourth-order valence-electron chi connectivity index (χ4n) is 5.21. The Balaban J connectivity index is 1.47. The molecule has 0 saturated carbocycles. The lowest BCUT2D eigenvalue weighted by Gasteiger charge is -2.36. The Morgan fingerprint density at radius 2 is 1.56 bits per heavy atom. The second kappa shape index (κ2) is 10.2. The van der Waals surface area contributed by atoms with E-state index in [1.54, 1.807) is 0 Å². The van der Waals surface area contributed by atoms with Crippen molar-refractivity contribution in [2.24, 2.45) is 0 Å². The van der Waals surface area contributed by atoms with E-state index in [-0.39, 0.29) is 11.7 Å². The first kappa shape index (κ1) is 23.6. The first-order chi connectivity index (χ1) is 17.5. The van der Waals surface area contributed by atoms with Crippen molar-refractivity contribution < 1.29 is 19.1 Å². The summed E-state index contributed by atoms with van der Waals surface area (Å²) < 4.78 is 11.1. The highest BCUT2D eigenvalue weighted by atomic mass is 16.5. The van der Waals surface area contributed by atoms with Crippen LogP contribution in [0.25, 0.3) is 0 Å². The van der Waals surface area contributed by atoms with Gasteiger partial charge in [0.15, 0.2) is 5.78 Å². The normalized spacial score (nSPS) is 19.4. The van der Waals surface area contributed by atoms with Crippen molar-refractivity contribution in [1.82, 2.24) is 5.32 Å². The smallest absolute Gasteiger partial charge is 0.336 e. The molecule has 1 N–H and O–H groups in total. The molecule has 5 heteroatoms. The number of rotatable bonds is 6. The lowest BCUT2D eigenvalue weighted by Crippen LogP contribution is -2.36. The molecular formula is C31H29NO4. The van der Waals surface area contributed by atoms with E-state index < -0.39 is 11.9 Å². The number of nitrogens with one attached hydrogen (secondary N) is 1. The van der Waals surface area contributed by atoms with Crippen LogP contribution in [0.5, 0.6) is 5.75 Å². The molecule has 0 amide bonds. The second-order valence-electron chi connectivity index (χ2n) is 9.26. The zero-order chi connectivity index (χ0) is 25.1. The summed E-state index contributed by atoms with van der Waals surface area (Å²) in [7, 11) is 1.37. The molecule has 0 radical (unpaired) electrons. The fraction of sp³-hybridized carbons (Fsp3) is 0.226. The molecule has 3 aromatic rings. The Kier molecular flexibility index (Phi) is 6.72. The highest BCUT2D eigenvalue weighted by molar-refractivity contribution is 6.04. The summed E-state index contributed by atoms with van der Waals surface area (Å²) in [6.45, 7) is 2.34. The van der Waals surface area contributed by atoms with E-state index in [4.69, 9.17) is 9.47 Å². The van der Waals surface area contributed by atoms with Crippen LogP contribution in [0.2, 0.25) is 0 Å². The minimum atomic E-state index is -0.485. The van der Waals surface area contributed by atoms with Crippen molar-refractivity contribution in [3.63, 3.8) is 0 Å². The molecule has 0 saturated heterocycles. The number of carbonyl (C=O) groups is 2. The van der Waals surface area contributed by atoms with Crippen LogP contribution in [0.1, 0.15) is 48.3 Å². The molecule has 5 rings (SSSR count). The molecular weight excluding hydrogens is 450 g/mol. The van der Waals surface area contributed by atoms with Gasteiger partial charge in [0.25, 0.3) is 0 Å². The van der Waals surface area contributed by atoms with Gasteiger partial charge in [-0.15, -0.1) is 0 Å². The molecule has 1 aliphatic heterocycles. The lowest BCUT2D eigenvalue weighted by atomic mass is 9.72. The minimum Gasteiger partial charge on any atom is -0.489 e. The van der Waals surface area contributed by atoms with Crippen molar-refractivity contribution >= 4 is 11.8 Å². The molecule has 2 aliphatic rings. The van der Waals surface area contributed by atoms with E-state index in [2.05, 4.69) is 17.4 Å². The largest absolute Gasteiger partial charge is 0.489 e. The van der Waals surface area contributed by atoms with Gasteiger partial charge in [-0.25, -0.2) is 4.79 Å². The Morgan fingerprint density at radius 3 is 2.22 bits per heavy atom. The molecule has 0 spiro atoms. The van der Waals surface area contributed by atoms with Crippen LogP contribution in [0.4, 0.5) is 0 Å². The van der Waals surface area contributed by atoms with Crippen molar-refractivity contribution in [3.05, 3.63) is 124 Å². The van der Waals surface area contributed by atoms with Gasteiger partial charge < -0.3 is 14.8 Å². The minimum absolute atomic E-state index is 0.0564. The van der Waals surface area contributed by atoms with Gasteiger partial charge in [-0.1, -0.05) is 72.8 Å². The third-order valence-electron chi connectivity index (χ3n) is 6.97. The second-order valence-corrected chi connectivity index (χ2v) is 9.26. The summed E-state index contributed by atoms with van der Waals surface area (Å²) >= 11 is 0. The maximum atomic E-state index is 13.6. The van der Waals surface area contributed by atoms with Crippen LogP contribution in [0.15, 0.2) is 107 Å². The maximum absolute atomic E-state index is 13.6. The van der Waals surface area contributed by atoms with E-state index in [9.17, 15) is 9.59 Å². The molecule has 0 unspecified atom stereocenters. The quantitative estimate of drug-likeness (QED) is 0.453. The monoisotopic (exact) mass is 479 g/mol. The predicted octanol–water partition coefficient (Wildman–Crippen LogP) is 5.80. The Bertz CT molecular complexity index is 1320.